The molecular formula is C12H11NO2S. The summed E-state index contributed by atoms with van der Waals surface area (Å²) in [5, 5.41) is 4.40. The minimum atomic E-state index is -0.0186. The summed E-state index contributed by atoms with van der Waals surface area (Å²) in [5.74, 6) is -0.0186. The topological polar surface area (TPSA) is 29.5 Å². The lowest BCUT2D eigenvalue weighted by Crippen LogP contribution is -2.26. The first-order chi connectivity index (χ1) is 7.86. The van der Waals surface area contributed by atoms with E-state index in [-0.39, 0.29) is 5.91 Å². The summed E-state index contributed by atoms with van der Waals surface area (Å²) >= 11 is 1.60. The second-order valence-corrected chi connectivity index (χ2v) is 4.65. The van der Waals surface area contributed by atoms with E-state index in [1.54, 1.807) is 11.3 Å². The number of nitrogens with zero attached hydrogens (tertiary/aromatic N) is 1. The fourth-order valence-corrected chi connectivity index (χ4v) is 2.82. The highest BCUT2D eigenvalue weighted by atomic mass is 32.1. The lowest BCUT2D eigenvalue weighted by Gasteiger charge is -2.12. The molecule has 0 radical (unpaired) electrons. The van der Waals surface area contributed by atoms with Gasteiger partial charge in [-0.3, -0.25) is 9.63 Å². The molecule has 0 N–H and O–H groups in total. The molecule has 1 aromatic carbocycles. The Bertz CT molecular complexity index is 529. The van der Waals surface area contributed by atoms with E-state index in [1.807, 2.05) is 29.6 Å². The summed E-state index contributed by atoms with van der Waals surface area (Å²) in [6.07, 6.45) is 0.924. The summed E-state index contributed by atoms with van der Waals surface area (Å²) < 4.78 is 1.14. The quantitative estimate of drug-likeness (QED) is 0.758. The van der Waals surface area contributed by atoms with Crippen LogP contribution in [0.4, 0.5) is 0 Å². The van der Waals surface area contributed by atoms with Gasteiger partial charge in [-0.2, -0.15) is 0 Å². The van der Waals surface area contributed by atoms with Crippen LogP contribution >= 0.6 is 11.3 Å². The van der Waals surface area contributed by atoms with Crippen molar-refractivity contribution in [1.82, 2.24) is 5.06 Å². The van der Waals surface area contributed by atoms with Gasteiger partial charge in [0.15, 0.2) is 0 Å². The van der Waals surface area contributed by atoms with E-state index in [4.69, 9.17) is 4.84 Å². The molecular weight excluding hydrogens is 222 g/mol. The average molecular weight is 233 g/mol. The SMILES string of the molecule is O=C(c1csc2ccccc12)N1CCCO1. The highest BCUT2D eigenvalue weighted by Gasteiger charge is 2.23. The second-order valence-electron chi connectivity index (χ2n) is 3.74. The molecule has 4 heteroatoms. The smallest absolute Gasteiger partial charge is 0.271 e. The van der Waals surface area contributed by atoms with Crippen molar-refractivity contribution in [3.05, 3.63) is 35.2 Å². The van der Waals surface area contributed by atoms with E-state index in [0.29, 0.717) is 13.2 Å². The molecule has 0 atom stereocenters. The molecule has 2 aromatic rings. The van der Waals surface area contributed by atoms with Crippen molar-refractivity contribution < 1.29 is 9.63 Å². The van der Waals surface area contributed by atoms with E-state index in [9.17, 15) is 4.79 Å². The van der Waals surface area contributed by atoms with Crippen molar-refractivity contribution in [2.24, 2.45) is 0 Å². The number of hydrogen-bond donors (Lipinski definition) is 0. The maximum absolute atomic E-state index is 12.1. The molecule has 0 bridgehead atoms. The van der Waals surface area contributed by atoms with Gasteiger partial charge in [-0.15, -0.1) is 11.3 Å². The van der Waals surface area contributed by atoms with Crippen LogP contribution in [-0.4, -0.2) is 24.1 Å². The number of hydrogen-bond acceptors (Lipinski definition) is 3. The van der Waals surface area contributed by atoms with Crippen LogP contribution in [0.1, 0.15) is 16.8 Å². The van der Waals surface area contributed by atoms with Gasteiger partial charge in [0.05, 0.1) is 18.7 Å². The number of benzene rings is 1. The van der Waals surface area contributed by atoms with Gasteiger partial charge in [0.25, 0.3) is 5.91 Å². The zero-order valence-electron chi connectivity index (χ0n) is 8.68. The number of thiophene rings is 1. The third-order valence-electron chi connectivity index (χ3n) is 2.69. The largest absolute Gasteiger partial charge is 0.278 e. The number of fused-ring (bicyclic) bond motifs is 1. The fourth-order valence-electron chi connectivity index (χ4n) is 1.89. The predicted octanol–water partition coefficient (Wildman–Crippen LogP) is 2.68. The summed E-state index contributed by atoms with van der Waals surface area (Å²) in [6.45, 7) is 1.34. The van der Waals surface area contributed by atoms with Crippen LogP contribution in [-0.2, 0) is 4.84 Å². The fraction of sp³-hybridized carbons (Fsp3) is 0.250. The molecule has 0 saturated carbocycles. The first kappa shape index (κ1) is 9.81. The summed E-state index contributed by atoms with van der Waals surface area (Å²) in [5.41, 5.74) is 0.752. The Morgan fingerprint density at radius 1 is 1.38 bits per heavy atom. The Labute approximate surface area is 97.2 Å². The van der Waals surface area contributed by atoms with E-state index in [0.717, 1.165) is 22.1 Å². The van der Waals surface area contributed by atoms with Crippen LogP contribution in [0.15, 0.2) is 29.6 Å². The van der Waals surface area contributed by atoms with Crippen LogP contribution < -0.4 is 0 Å². The molecule has 0 spiro atoms. The van der Waals surface area contributed by atoms with Crippen molar-refractivity contribution in [1.29, 1.82) is 0 Å². The molecule has 0 aliphatic carbocycles. The van der Waals surface area contributed by atoms with Crippen molar-refractivity contribution in [3.8, 4) is 0 Å². The van der Waals surface area contributed by atoms with Gasteiger partial charge in [0.2, 0.25) is 0 Å². The zero-order chi connectivity index (χ0) is 11.0. The van der Waals surface area contributed by atoms with Crippen molar-refractivity contribution in [2.75, 3.05) is 13.2 Å². The second kappa shape index (κ2) is 3.88. The van der Waals surface area contributed by atoms with Gasteiger partial charge in [0.1, 0.15) is 0 Å². The molecule has 16 heavy (non-hydrogen) atoms. The molecule has 3 nitrogen and oxygen atoms in total. The van der Waals surface area contributed by atoms with Gasteiger partial charge in [-0.1, -0.05) is 18.2 Å². The molecule has 0 unspecified atom stereocenters. The maximum atomic E-state index is 12.1. The van der Waals surface area contributed by atoms with Gasteiger partial charge in [-0.25, -0.2) is 5.06 Å². The van der Waals surface area contributed by atoms with Gasteiger partial charge < -0.3 is 0 Å². The number of hydroxylamine groups is 2. The molecule has 1 aliphatic rings. The lowest BCUT2D eigenvalue weighted by atomic mass is 10.1. The third-order valence-corrected chi connectivity index (χ3v) is 3.65. The number of rotatable bonds is 1. The molecule has 1 amide bonds. The van der Waals surface area contributed by atoms with Crippen molar-refractivity contribution in [3.63, 3.8) is 0 Å². The van der Waals surface area contributed by atoms with Crippen LogP contribution in [0.3, 0.4) is 0 Å². The lowest BCUT2D eigenvalue weighted by molar-refractivity contribution is -0.0766. The number of carbonyl (C=O) groups is 1. The Morgan fingerprint density at radius 3 is 3.06 bits per heavy atom. The monoisotopic (exact) mass is 233 g/mol. The summed E-state index contributed by atoms with van der Waals surface area (Å²) in [4.78, 5) is 17.4. The highest BCUT2D eigenvalue weighted by molar-refractivity contribution is 7.17. The molecule has 1 saturated heterocycles. The van der Waals surface area contributed by atoms with Crippen LogP contribution in [0.25, 0.3) is 10.1 Å². The minimum absolute atomic E-state index is 0.0186. The van der Waals surface area contributed by atoms with E-state index >= 15 is 0 Å². The number of carbonyl (C=O) groups excluding carboxylic acids is 1. The van der Waals surface area contributed by atoms with Crippen LogP contribution in [0.5, 0.6) is 0 Å². The van der Waals surface area contributed by atoms with Crippen LogP contribution in [0, 0.1) is 0 Å². The Hall–Kier alpha value is -1.39. The van der Waals surface area contributed by atoms with Gasteiger partial charge in [-0.05, 0) is 12.5 Å². The van der Waals surface area contributed by atoms with Crippen LogP contribution in [0.2, 0.25) is 0 Å². The molecule has 82 valence electrons. The average Bonchev–Trinajstić information content (AvgIpc) is 2.98. The Kier molecular flexibility index (Phi) is 2.38. The van der Waals surface area contributed by atoms with Gasteiger partial charge in [0, 0.05) is 15.5 Å². The predicted molar refractivity (Wildman–Crippen MR) is 63.4 cm³/mol. The molecule has 2 heterocycles. The third kappa shape index (κ3) is 1.50. The standard InChI is InChI=1S/C12H11NO2S/c14-12(13-6-3-7-15-13)10-8-16-11-5-2-1-4-9(10)11/h1-2,4-5,8H,3,6-7H2. The van der Waals surface area contributed by atoms with Crippen molar-refractivity contribution >= 4 is 27.3 Å². The minimum Gasteiger partial charge on any atom is -0.271 e. The first-order valence-electron chi connectivity index (χ1n) is 5.27. The Morgan fingerprint density at radius 2 is 2.25 bits per heavy atom. The number of amides is 1. The summed E-state index contributed by atoms with van der Waals surface area (Å²) in [7, 11) is 0. The maximum Gasteiger partial charge on any atom is 0.278 e. The molecule has 3 rings (SSSR count). The van der Waals surface area contributed by atoms with Crippen molar-refractivity contribution in [2.45, 2.75) is 6.42 Å². The van der Waals surface area contributed by atoms with Gasteiger partial charge >= 0.3 is 0 Å². The van der Waals surface area contributed by atoms with E-state index in [2.05, 4.69) is 0 Å². The zero-order valence-corrected chi connectivity index (χ0v) is 9.50. The van der Waals surface area contributed by atoms with E-state index in [1.165, 1.54) is 5.06 Å². The Balaban J connectivity index is 2.02. The first-order valence-corrected chi connectivity index (χ1v) is 6.15. The highest BCUT2D eigenvalue weighted by Crippen LogP contribution is 2.27. The van der Waals surface area contributed by atoms with E-state index < -0.39 is 0 Å². The summed E-state index contributed by atoms with van der Waals surface area (Å²) in [6, 6.07) is 7.95. The molecule has 1 aromatic heterocycles. The molecule has 1 fully saturated rings. The molecule has 1 aliphatic heterocycles. The normalized spacial score (nSPS) is 15.9.